The number of rotatable bonds is 5. The van der Waals surface area contributed by atoms with Crippen LogP contribution >= 0.6 is 0 Å². The Labute approximate surface area is 115 Å². The third-order valence-electron chi connectivity index (χ3n) is 3.74. The second-order valence-corrected chi connectivity index (χ2v) is 6.99. The molecule has 0 amide bonds. The van der Waals surface area contributed by atoms with Gasteiger partial charge in [0.2, 0.25) is 10.0 Å². The summed E-state index contributed by atoms with van der Waals surface area (Å²) in [5.74, 6) is 0. The predicted molar refractivity (Wildman–Crippen MR) is 76.7 cm³/mol. The van der Waals surface area contributed by atoms with Gasteiger partial charge in [-0.05, 0) is 62.9 Å². The Bertz CT molecular complexity index is 534. The van der Waals surface area contributed by atoms with Crippen molar-refractivity contribution < 1.29 is 8.42 Å². The summed E-state index contributed by atoms with van der Waals surface area (Å²) < 4.78 is 27.0. The zero-order chi connectivity index (χ0) is 13.9. The van der Waals surface area contributed by atoms with E-state index in [1.54, 1.807) is 12.1 Å². The summed E-state index contributed by atoms with van der Waals surface area (Å²) in [5, 5.41) is 3.36. The predicted octanol–water partition coefficient (Wildman–Crippen LogP) is 1.72. The molecule has 106 valence electrons. The van der Waals surface area contributed by atoms with E-state index in [1.165, 1.54) is 6.42 Å². The van der Waals surface area contributed by atoms with Gasteiger partial charge in [0.25, 0.3) is 0 Å². The standard InChI is InChI=1S/C14H22N2O2S/c1-11-5-6-14(10-12(11)2)19(17,18)16-9-7-13-4-3-8-15-13/h5-6,10,13,15-16H,3-4,7-9H2,1-2H3/t13-/m0/s1. The molecule has 1 aliphatic heterocycles. The molecule has 1 atom stereocenters. The summed E-state index contributed by atoms with van der Waals surface area (Å²) >= 11 is 0. The number of aryl methyl sites for hydroxylation is 2. The monoisotopic (exact) mass is 282 g/mol. The number of benzene rings is 1. The first kappa shape index (κ1) is 14.5. The van der Waals surface area contributed by atoms with Crippen LogP contribution in [0.4, 0.5) is 0 Å². The zero-order valence-corrected chi connectivity index (χ0v) is 12.4. The van der Waals surface area contributed by atoms with Gasteiger partial charge in [0.1, 0.15) is 0 Å². The van der Waals surface area contributed by atoms with Crippen molar-refractivity contribution in [1.29, 1.82) is 0 Å². The molecule has 1 aromatic rings. The van der Waals surface area contributed by atoms with Gasteiger partial charge in [-0.2, -0.15) is 0 Å². The average Bonchev–Trinajstić information content (AvgIpc) is 2.85. The Morgan fingerprint density at radius 1 is 1.32 bits per heavy atom. The molecule has 0 aliphatic carbocycles. The highest BCUT2D eigenvalue weighted by molar-refractivity contribution is 7.89. The number of hydrogen-bond donors (Lipinski definition) is 2. The van der Waals surface area contributed by atoms with Gasteiger partial charge < -0.3 is 5.32 Å². The molecule has 0 saturated carbocycles. The second-order valence-electron chi connectivity index (χ2n) is 5.23. The molecule has 4 nitrogen and oxygen atoms in total. The summed E-state index contributed by atoms with van der Waals surface area (Å²) in [7, 11) is -3.37. The Morgan fingerprint density at radius 2 is 2.11 bits per heavy atom. The fraction of sp³-hybridized carbons (Fsp3) is 0.571. The Kier molecular flexibility index (Phi) is 4.60. The normalized spacial score (nSPS) is 19.8. The minimum atomic E-state index is -3.37. The maximum absolute atomic E-state index is 12.1. The van der Waals surface area contributed by atoms with Crippen LogP contribution in [0.15, 0.2) is 23.1 Å². The first-order chi connectivity index (χ1) is 8.99. The van der Waals surface area contributed by atoms with Crippen molar-refractivity contribution in [2.45, 2.75) is 44.0 Å². The molecule has 19 heavy (non-hydrogen) atoms. The molecule has 1 heterocycles. The molecule has 1 aliphatic rings. The topological polar surface area (TPSA) is 58.2 Å². The molecule has 5 heteroatoms. The molecule has 2 rings (SSSR count). The van der Waals surface area contributed by atoms with Gasteiger partial charge in [-0.3, -0.25) is 0 Å². The van der Waals surface area contributed by atoms with Crippen LogP contribution in [0.1, 0.15) is 30.4 Å². The largest absolute Gasteiger partial charge is 0.314 e. The molecule has 0 spiro atoms. The van der Waals surface area contributed by atoms with Gasteiger partial charge in [0.05, 0.1) is 4.90 Å². The molecule has 0 unspecified atom stereocenters. The second kappa shape index (κ2) is 6.03. The molecule has 0 bridgehead atoms. The van der Waals surface area contributed by atoms with E-state index in [0.717, 1.165) is 30.5 Å². The number of hydrogen-bond acceptors (Lipinski definition) is 3. The van der Waals surface area contributed by atoms with E-state index < -0.39 is 10.0 Å². The van der Waals surface area contributed by atoms with E-state index in [2.05, 4.69) is 10.0 Å². The maximum atomic E-state index is 12.1. The third kappa shape index (κ3) is 3.78. The third-order valence-corrected chi connectivity index (χ3v) is 5.19. The van der Waals surface area contributed by atoms with Crippen molar-refractivity contribution in [3.05, 3.63) is 29.3 Å². The van der Waals surface area contributed by atoms with Crippen molar-refractivity contribution in [3.63, 3.8) is 0 Å². The van der Waals surface area contributed by atoms with Crippen LogP contribution in [0.5, 0.6) is 0 Å². The van der Waals surface area contributed by atoms with E-state index in [1.807, 2.05) is 19.9 Å². The first-order valence-corrected chi connectivity index (χ1v) is 8.28. The highest BCUT2D eigenvalue weighted by Crippen LogP contribution is 2.15. The van der Waals surface area contributed by atoms with E-state index in [4.69, 9.17) is 0 Å². The molecular formula is C14H22N2O2S. The Hall–Kier alpha value is -0.910. The van der Waals surface area contributed by atoms with Crippen molar-refractivity contribution in [2.75, 3.05) is 13.1 Å². The van der Waals surface area contributed by atoms with E-state index in [-0.39, 0.29) is 0 Å². The molecule has 1 aromatic carbocycles. The highest BCUT2D eigenvalue weighted by atomic mass is 32.2. The number of nitrogens with one attached hydrogen (secondary N) is 2. The minimum Gasteiger partial charge on any atom is -0.314 e. The van der Waals surface area contributed by atoms with Crippen LogP contribution in [-0.4, -0.2) is 27.5 Å². The zero-order valence-electron chi connectivity index (χ0n) is 11.6. The van der Waals surface area contributed by atoms with Gasteiger partial charge >= 0.3 is 0 Å². The quantitative estimate of drug-likeness (QED) is 0.864. The van der Waals surface area contributed by atoms with E-state index in [9.17, 15) is 8.42 Å². The molecule has 1 saturated heterocycles. The molecule has 0 radical (unpaired) electrons. The Morgan fingerprint density at radius 3 is 2.74 bits per heavy atom. The van der Waals surface area contributed by atoms with Crippen LogP contribution in [0.25, 0.3) is 0 Å². The number of sulfonamides is 1. The van der Waals surface area contributed by atoms with Crippen LogP contribution in [0, 0.1) is 13.8 Å². The minimum absolute atomic E-state index is 0.356. The van der Waals surface area contributed by atoms with Gasteiger partial charge in [-0.15, -0.1) is 0 Å². The summed E-state index contributed by atoms with van der Waals surface area (Å²) in [6, 6.07) is 5.70. The van der Waals surface area contributed by atoms with Crippen LogP contribution in [0.2, 0.25) is 0 Å². The highest BCUT2D eigenvalue weighted by Gasteiger charge is 2.17. The van der Waals surface area contributed by atoms with Gasteiger partial charge in [0.15, 0.2) is 0 Å². The van der Waals surface area contributed by atoms with Crippen LogP contribution < -0.4 is 10.0 Å². The van der Waals surface area contributed by atoms with E-state index in [0.29, 0.717) is 17.5 Å². The Balaban J connectivity index is 1.95. The molecule has 1 fully saturated rings. The fourth-order valence-corrected chi connectivity index (χ4v) is 3.47. The van der Waals surface area contributed by atoms with E-state index >= 15 is 0 Å². The first-order valence-electron chi connectivity index (χ1n) is 6.79. The van der Waals surface area contributed by atoms with Gasteiger partial charge in [-0.25, -0.2) is 13.1 Å². The summed E-state index contributed by atoms with van der Waals surface area (Å²) in [5.41, 5.74) is 2.11. The van der Waals surface area contributed by atoms with Crippen molar-refractivity contribution in [3.8, 4) is 0 Å². The maximum Gasteiger partial charge on any atom is 0.240 e. The lowest BCUT2D eigenvalue weighted by molar-refractivity contribution is 0.539. The van der Waals surface area contributed by atoms with Crippen molar-refractivity contribution in [1.82, 2.24) is 10.0 Å². The fourth-order valence-electron chi connectivity index (χ4n) is 2.34. The summed E-state index contributed by atoms with van der Waals surface area (Å²) in [6.45, 7) is 5.45. The lowest BCUT2D eigenvalue weighted by Crippen LogP contribution is -2.30. The SMILES string of the molecule is Cc1ccc(S(=O)(=O)NCC[C@@H]2CCCN2)cc1C. The summed E-state index contributed by atoms with van der Waals surface area (Å²) in [6.07, 6.45) is 3.18. The van der Waals surface area contributed by atoms with Gasteiger partial charge in [0, 0.05) is 12.6 Å². The van der Waals surface area contributed by atoms with Crippen LogP contribution in [-0.2, 0) is 10.0 Å². The summed E-state index contributed by atoms with van der Waals surface area (Å²) in [4.78, 5) is 0.356. The molecular weight excluding hydrogens is 260 g/mol. The molecule has 0 aromatic heterocycles. The molecule has 2 N–H and O–H groups in total. The van der Waals surface area contributed by atoms with Gasteiger partial charge in [-0.1, -0.05) is 6.07 Å². The van der Waals surface area contributed by atoms with Crippen molar-refractivity contribution in [2.24, 2.45) is 0 Å². The van der Waals surface area contributed by atoms with Crippen molar-refractivity contribution >= 4 is 10.0 Å². The lowest BCUT2D eigenvalue weighted by atomic mass is 10.1. The lowest BCUT2D eigenvalue weighted by Gasteiger charge is -2.12. The van der Waals surface area contributed by atoms with Crippen LogP contribution in [0.3, 0.4) is 0 Å². The average molecular weight is 282 g/mol. The smallest absolute Gasteiger partial charge is 0.240 e.